The average molecular weight is 452 g/mol. The van der Waals surface area contributed by atoms with E-state index in [9.17, 15) is 13.2 Å². The summed E-state index contributed by atoms with van der Waals surface area (Å²) in [5, 5.41) is 28.2. The first-order chi connectivity index (χ1) is 15.6. The number of halogens is 3. The highest BCUT2D eigenvalue weighted by atomic mass is 19.4. The summed E-state index contributed by atoms with van der Waals surface area (Å²) in [4.78, 5) is 8.32. The molecule has 1 aromatic carbocycles. The zero-order chi connectivity index (χ0) is 24.2. The maximum Gasteiger partial charge on any atom is 0.416 e. The van der Waals surface area contributed by atoms with Crippen LogP contribution in [-0.2, 0) is 6.18 Å². The largest absolute Gasteiger partial charge is 0.416 e. The highest BCUT2D eigenvalue weighted by molar-refractivity contribution is 6.01. The highest BCUT2D eigenvalue weighted by Crippen LogP contribution is 2.33. The van der Waals surface area contributed by atoms with Gasteiger partial charge >= 0.3 is 6.18 Å². The standard InChI is InChI=1S/C22H19F3N8/c1-12(14-4-16(22(23,24)25)6-17(27)5-14)32-21(28)18-7-19(31-11-20(18)33-29-2)15-3-13(8-26)9-30-10-15/h3-7,9-12H,27H2,1-2H3,(H2,28,32)/b33-29+/t12-/m1/s1. The van der Waals surface area contributed by atoms with E-state index in [-0.39, 0.29) is 17.1 Å². The summed E-state index contributed by atoms with van der Waals surface area (Å²) in [5.74, 6) is -0.103. The average Bonchev–Trinajstić information content (AvgIpc) is 2.78. The molecule has 3 aromatic rings. The quantitative estimate of drug-likeness (QED) is 0.216. The number of rotatable bonds is 5. The van der Waals surface area contributed by atoms with Crippen molar-refractivity contribution >= 4 is 17.2 Å². The minimum absolute atomic E-state index is 0.0310. The Kier molecular flexibility index (Phi) is 6.67. The Bertz CT molecular complexity index is 1260. The smallest absolute Gasteiger partial charge is 0.399 e. The fourth-order valence-corrected chi connectivity index (χ4v) is 3.10. The third kappa shape index (κ3) is 5.48. The van der Waals surface area contributed by atoms with Crippen LogP contribution in [0.4, 0.5) is 24.5 Å². The number of nitrogens with zero attached hydrogens (tertiary/aromatic N) is 5. The number of nitriles is 1. The molecule has 2 heterocycles. The molecule has 3 rings (SSSR count). The van der Waals surface area contributed by atoms with Crippen LogP contribution in [0, 0.1) is 16.7 Å². The second-order valence-electron chi connectivity index (χ2n) is 7.09. The van der Waals surface area contributed by atoms with Crippen LogP contribution in [0.1, 0.15) is 35.2 Å². The van der Waals surface area contributed by atoms with Crippen molar-refractivity contribution in [3.63, 3.8) is 0 Å². The number of benzene rings is 1. The van der Waals surface area contributed by atoms with Crippen molar-refractivity contribution in [1.29, 1.82) is 10.7 Å². The first-order valence-electron chi connectivity index (χ1n) is 9.61. The molecule has 8 nitrogen and oxygen atoms in total. The Balaban J connectivity index is 1.96. The van der Waals surface area contributed by atoms with Gasteiger partial charge in [0.25, 0.3) is 0 Å². The molecule has 0 aliphatic heterocycles. The highest BCUT2D eigenvalue weighted by Gasteiger charge is 2.31. The van der Waals surface area contributed by atoms with Gasteiger partial charge in [-0.3, -0.25) is 15.4 Å². The maximum atomic E-state index is 13.2. The second-order valence-corrected chi connectivity index (χ2v) is 7.09. The Morgan fingerprint density at radius 3 is 2.61 bits per heavy atom. The van der Waals surface area contributed by atoms with Gasteiger partial charge in [-0.05, 0) is 42.8 Å². The van der Waals surface area contributed by atoms with Crippen molar-refractivity contribution in [2.45, 2.75) is 19.1 Å². The lowest BCUT2D eigenvalue weighted by molar-refractivity contribution is -0.137. The zero-order valence-electron chi connectivity index (χ0n) is 17.6. The van der Waals surface area contributed by atoms with Crippen LogP contribution in [0.5, 0.6) is 0 Å². The van der Waals surface area contributed by atoms with Crippen molar-refractivity contribution in [2.24, 2.45) is 10.2 Å². The van der Waals surface area contributed by atoms with Crippen LogP contribution >= 0.6 is 0 Å². The summed E-state index contributed by atoms with van der Waals surface area (Å²) in [7, 11) is 1.46. The Morgan fingerprint density at radius 2 is 1.94 bits per heavy atom. The number of alkyl halides is 3. The van der Waals surface area contributed by atoms with Crippen LogP contribution < -0.4 is 11.1 Å². The van der Waals surface area contributed by atoms with Crippen molar-refractivity contribution in [3.8, 4) is 17.3 Å². The van der Waals surface area contributed by atoms with E-state index in [0.29, 0.717) is 28.1 Å². The van der Waals surface area contributed by atoms with E-state index in [0.717, 1.165) is 12.1 Å². The van der Waals surface area contributed by atoms with Crippen LogP contribution in [0.25, 0.3) is 11.3 Å². The predicted octanol–water partition coefficient (Wildman–Crippen LogP) is 5.01. The van der Waals surface area contributed by atoms with Gasteiger partial charge in [0, 0.05) is 36.3 Å². The van der Waals surface area contributed by atoms with Gasteiger partial charge in [-0.1, -0.05) is 0 Å². The number of hydrogen-bond donors (Lipinski definition) is 3. The summed E-state index contributed by atoms with van der Waals surface area (Å²) < 4.78 is 39.5. The Labute approximate surface area is 187 Å². The molecule has 0 fully saturated rings. The summed E-state index contributed by atoms with van der Waals surface area (Å²) in [5.41, 5.74) is 6.98. The molecule has 0 saturated carbocycles. The van der Waals surface area contributed by atoms with Gasteiger partial charge in [-0.15, -0.1) is 0 Å². The lowest BCUT2D eigenvalue weighted by atomic mass is 10.0. The number of anilines is 1. The summed E-state index contributed by atoms with van der Waals surface area (Å²) in [6.45, 7) is 1.62. The van der Waals surface area contributed by atoms with Crippen LogP contribution in [0.3, 0.4) is 0 Å². The number of nitrogens with one attached hydrogen (secondary N) is 2. The number of aromatic nitrogens is 2. The molecule has 168 valence electrons. The summed E-state index contributed by atoms with van der Waals surface area (Å²) in [6.07, 6.45) is -0.187. The molecule has 0 spiro atoms. The van der Waals surface area contributed by atoms with Crippen molar-refractivity contribution in [2.75, 3.05) is 12.8 Å². The molecule has 2 aromatic heterocycles. The number of nitrogens with two attached hydrogens (primary N) is 1. The van der Waals surface area contributed by atoms with E-state index >= 15 is 0 Å². The van der Waals surface area contributed by atoms with Gasteiger partial charge in [-0.2, -0.15) is 28.7 Å². The number of azo groups is 1. The van der Waals surface area contributed by atoms with E-state index < -0.39 is 17.8 Å². The first kappa shape index (κ1) is 23.3. The molecule has 33 heavy (non-hydrogen) atoms. The fourth-order valence-electron chi connectivity index (χ4n) is 3.10. The monoisotopic (exact) mass is 452 g/mol. The van der Waals surface area contributed by atoms with E-state index in [1.54, 1.807) is 19.1 Å². The summed E-state index contributed by atoms with van der Waals surface area (Å²) in [6, 6.07) is 7.78. The predicted molar refractivity (Wildman–Crippen MR) is 117 cm³/mol. The molecular formula is C22H19F3N8. The van der Waals surface area contributed by atoms with Crippen molar-refractivity contribution in [3.05, 3.63) is 71.2 Å². The minimum Gasteiger partial charge on any atom is -0.399 e. The Hall–Kier alpha value is -4.33. The third-order valence-corrected chi connectivity index (χ3v) is 4.69. The molecular weight excluding hydrogens is 433 g/mol. The molecule has 0 bridgehead atoms. The molecule has 1 atom stereocenters. The molecule has 0 radical (unpaired) electrons. The molecule has 11 heteroatoms. The van der Waals surface area contributed by atoms with Crippen molar-refractivity contribution in [1.82, 2.24) is 15.3 Å². The lowest BCUT2D eigenvalue weighted by Crippen LogP contribution is -2.27. The van der Waals surface area contributed by atoms with Gasteiger partial charge < -0.3 is 11.1 Å². The van der Waals surface area contributed by atoms with E-state index in [1.165, 1.54) is 31.7 Å². The van der Waals surface area contributed by atoms with Crippen molar-refractivity contribution < 1.29 is 13.2 Å². The zero-order valence-corrected chi connectivity index (χ0v) is 17.6. The summed E-state index contributed by atoms with van der Waals surface area (Å²) >= 11 is 0. The molecule has 0 amide bonds. The number of hydrogen-bond acceptors (Lipinski definition) is 7. The molecule has 0 saturated heterocycles. The van der Waals surface area contributed by atoms with Crippen LogP contribution in [0.15, 0.2) is 59.2 Å². The van der Waals surface area contributed by atoms with E-state index in [1.807, 2.05) is 6.07 Å². The SMILES string of the molecule is C/N=N/c1cnc(-c2cncc(C#N)c2)cc1C(=N)N[C@H](C)c1cc(N)cc(C(F)(F)F)c1. The van der Waals surface area contributed by atoms with E-state index in [2.05, 4.69) is 25.5 Å². The second kappa shape index (κ2) is 9.44. The number of pyridine rings is 2. The van der Waals surface area contributed by atoms with Gasteiger partial charge in [0.1, 0.15) is 17.6 Å². The third-order valence-electron chi connectivity index (χ3n) is 4.69. The topological polar surface area (TPSA) is 136 Å². The van der Waals surface area contributed by atoms with Gasteiger partial charge in [-0.25, -0.2) is 0 Å². The normalized spacial score (nSPS) is 12.4. The van der Waals surface area contributed by atoms with Gasteiger partial charge in [0.2, 0.25) is 0 Å². The number of nitrogen functional groups attached to an aromatic ring is 1. The molecule has 0 unspecified atom stereocenters. The fraction of sp³-hybridized carbons (Fsp3) is 0.182. The minimum atomic E-state index is -4.54. The van der Waals surface area contributed by atoms with Gasteiger partial charge in [0.15, 0.2) is 0 Å². The van der Waals surface area contributed by atoms with Crippen LogP contribution in [-0.4, -0.2) is 22.9 Å². The maximum absolute atomic E-state index is 13.2. The first-order valence-corrected chi connectivity index (χ1v) is 9.61. The lowest BCUT2D eigenvalue weighted by Gasteiger charge is -2.19. The molecule has 0 aliphatic rings. The number of amidine groups is 1. The Morgan fingerprint density at radius 1 is 1.18 bits per heavy atom. The van der Waals surface area contributed by atoms with E-state index in [4.69, 9.17) is 16.4 Å². The van der Waals surface area contributed by atoms with Gasteiger partial charge in [0.05, 0.1) is 29.1 Å². The van der Waals surface area contributed by atoms with Crippen LogP contribution in [0.2, 0.25) is 0 Å². The molecule has 4 N–H and O–H groups in total. The molecule has 0 aliphatic carbocycles.